The van der Waals surface area contributed by atoms with E-state index in [1.165, 1.54) is 23.0 Å². The van der Waals surface area contributed by atoms with Crippen molar-refractivity contribution in [2.45, 2.75) is 0 Å². The molecule has 5 aromatic rings. The highest BCUT2D eigenvalue weighted by atomic mass is 19.1. The molecule has 0 fully saturated rings. The second kappa shape index (κ2) is 7.53. The molecule has 31 heavy (non-hydrogen) atoms. The van der Waals surface area contributed by atoms with Gasteiger partial charge in [-0.1, -0.05) is 30.3 Å². The van der Waals surface area contributed by atoms with Crippen LogP contribution in [0.4, 0.5) is 4.39 Å². The third kappa shape index (κ3) is 3.36. The zero-order valence-electron chi connectivity index (χ0n) is 16.4. The lowest BCUT2D eigenvalue weighted by Crippen LogP contribution is -2.20. The molecule has 6 nitrogen and oxygen atoms in total. The first-order chi connectivity index (χ1) is 15.1. The quantitative estimate of drug-likeness (QED) is 0.396. The number of methoxy groups -OCH3 is 1. The van der Waals surface area contributed by atoms with Gasteiger partial charge in [0.25, 0.3) is 5.56 Å². The van der Waals surface area contributed by atoms with Gasteiger partial charge in [-0.25, -0.2) is 9.37 Å². The molecule has 0 N–H and O–H groups in total. The van der Waals surface area contributed by atoms with Crippen LogP contribution in [0.25, 0.3) is 33.5 Å². The van der Waals surface area contributed by atoms with E-state index in [4.69, 9.17) is 9.15 Å². The van der Waals surface area contributed by atoms with E-state index in [-0.39, 0.29) is 17.2 Å². The predicted molar refractivity (Wildman–Crippen MR) is 117 cm³/mol. The number of fused-ring (bicyclic) bond motifs is 2. The Hall–Kier alpha value is -4.26. The van der Waals surface area contributed by atoms with E-state index < -0.39 is 0 Å². The second-order valence-corrected chi connectivity index (χ2v) is 6.85. The molecular weight excluding hydrogens is 397 g/mol. The molecular formula is C24H16FN3O3. The number of furan rings is 1. The van der Waals surface area contributed by atoms with Crippen molar-refractivity contribution in [2.75, 3.05) is 7.11 Å². The fraction of sp³-hybridized carbons (Fsp3) is 0.0417. The van der Waals surface area contributed by atoms with Crippen LogP contribution in [-0.4, -0.2) is 23.0 Å². The largest absolute Gasteiger partial charge is 0.496 e. The first-order valence-electron chi connectivity index (χ1n) is 9.53. The summed E-state index contributed by atoms with van der Waals surface area (Å²) in [4.78, 5) is 17.9. The molecule has 0 atom stereocenters. The average Bonchev–Trinajstić information content (AvgIpc) is 3.24. The number of para-hydroxylation sites is 1. The molecule has 7 heteroatoms. The van der Waals surface area contributed by atoms with Gasteiger partial charge in [0.2, 0.25) is 5.82 Å². The van der Waals surface area contributed by atoms with E-state index in [0.29, 0.717) is 33.6 Å². The molecule has 0 bridgehead atoms. The van der Waals surface area contributed by atoms with Gasteiger partial charge in [-0.15, -0.1) is 0 Å². The van der Waals surface area contributed by atoms with Crippen LogP contribution in [0.1, 0.15) is 5.56 Å². The van der Waals surface area contributed by atoms with Crippen LogP contribution in [-0.2, 0) is 0 Å². The molecule has 152 valence electrons. The van der Waals surface area contributed by atoms with Crippen LogP contribution >= 0.6 is 0 Å². The third-order valence-corrected chi connectivity index (χ3v) is 4.91. The van der Waals surface area contributed by atoms with Crippen LogP contribution in [0.3, 0.4) is 0 Å². The summed E-state index contributed by atoms with van der Waals surface area (Å²) in [6, 6.07) is 20.1. The van der Waals surface area contributed by atoms with Gasteiger partial charge in [0.15, 0.2) is 5.76 Å². The van der Waals surface area contributed by atoms with Crippen LogP contribution in [0.5, 0.6) is 5.75 Å². The minimum Gasteiger partial charge on any atom is -0.496 e. The summed E-state index contributed by atoms with van der Waals surface area (Å²) in [6.07, 6.45) is 1.48. The van der Waals surface area contributed by atoms with E-state index in [1.54, 1.807) is 43.5 Å². The molecule has 0 unspecified atom stereocenters. The fourth-order valence-electron chi connectivity index (χ4n) is 3.39. The molecule has 0 saturated heterocycles. The summed E-state index contributed by atoms with van der Waals surface area (Å²) in [5.41, 5.74) is 1.43. The van der Waals surface area contributed by atoms with Gasteiger partial charge in [0.1, 0.15) is 17.1 Å². The number of ether oxygens (including phenoxy) is 1. The monoisotopic (exact) mass is 413 g/mol. The van der Waals surface area contributed by atoms with Gasteiger partial charge in [-0.3, -0.25) is 4.79 Å². The standard InChI is InChI=1S/C24H16FN3O3/c1-30-20-7-4-8-21-18(20)13-22(31-21)23-27-19-6-3-2-5-17(19)24(29)28(23)26-14-15-9-11-16(25)12-10-15/h2-14H,1H3. The average molecular weight is 413 g/mol. The molecule has 2 heterocycles. The summed E-state index contributed by atoms with van der Waals surface area (Å²) in [7, 11) is 1.58. The summed E-state index contributed by atoms with van der Waals surface area (Å²) in [5.74, 6) is 0.925. The lowest BCUT2D eigenvalue weighted by atomic mass is 10.2. The summed E-state index contributed by atoms with van der Waals surface area (Å²) >= 11 is 0. The highest BCUT2D eigenvalue weighted by molar-refractivity contribution is 5.88. The van der Waals surface area contributed by atoms with Gasteiger partial charge < -0.3 is 9.15 Å². The van der Waals surface area contributed by atoms with Crippen LogP contribution < -0.4 is 10.3 Å². The molecule has 0 amide bonds. The van der Waals surface area contributed by atoms with Crippen molar-refractivity contribution in [1.82, 2.24) is 9.66 Å². The molecule has 0 spiro atoms. The lowest BCUT2D eigenvalue weighted by Gasteiger charge is -2.07. The summed E-state index contributed by atoms with van der Waals surface area (Å²) in [5, 5.41) is 5.54. The Labute approximate surface area is 175 Å². The van der Waals surface area contributed by atoms with E-state index >= 15 is 0 Å². The van der Waals surface area contributed by atoms with Crippen molar-refractivity contribution in [3.8, 4) is 17.3 Å². The van der Waals surface area contributed by atoms with Gasteiger partial charge in [-0.2, -0.15) is 9.78 Å². The number of halogens is 1. The molecule has 0 aliphatic rings. The number of nitrogens with zero attached hydrogens (tertiary/aromatic N) is 3. The molecule has 0 aliphatic heterocycles. The second-order valence-electron chi connectivity index (χ2n) is 6.85. The summed E-state index contributed by atoms with van der Waals surface area (Å²) in [6.45, 7) is 0. The van der Waals surface area contributed by atoms with E-state index in [9.17, 15) is 9.18 Å². The Balaban J connectivity index is 1.74. The molecule has 0 saturated carbocycles. The lowest BCUT2D eigenvalue weighted by molar-refractivity contribution is 0.419. The van der Waals surface area contributed by atoms with Crippen molar-refractivity contribution in [3.63, 3.8) is 0 Å². The molecule has 3 aromatic carbocycles. The highest BCUT2D eigenvalue weighted by Crippen LogP contribution is 2.32. The van der Waals surface area contributed by atoms with E-state index in [0.717, 1.165) is 5.39 Å². The van der Waals surface area contributed by atoms with Gasteiger partial charge in [0.05, 0.1) is 29.6 Å². The number of hydrogen-bond donors (Lipinski definition) is 0. The smallest absolute Gasteiger partial charge is 0.282 e. The first kappa shape index (κ1) is 18.7. The van der Waals surface area contributed by atoms with Gasteiger partial charge in [-0.05, 0) is 48.0 Å². The van der Waals surface area contributed by atoms with Crippen molar-refractivity contribution >= 4 is 28.1 Å². The number of benzene rings is 3. The fourth-order valence-corrected chi connectivity index (χ4v) is 3.39. The normalized spacial score (nSPS) is 11.5. The minimum absolute atomic E-state index is 0.250. The van der Waals surface area contributed by atoms with Crippen LogP contribution in [0, 0.1) is 5.82 Å². The van der Waals surface area contributed by atoms with Crippen molar-refractivity contribution in [3.05, 3.63) is 94.5 Å². The van der Waals surface area contributed by atoms with Crippen molar-refractivity contribution < 1.29 is 13.5 Å². The Morgan fingerprint density at radius 2 is 1.84 bits per heavy atom. The zero-order chi connectivity index (χ0) is 21.4. The topological polar surface area (TPSA) is 69.6 Å². The Bertz CT molecular complexity index is 1500. The molecule has 5 rings (SSSR count). The van der Waals surface area contributed by atoms with Crippen molar-refractivity contribution in [1.29, 1.82) is 0 Å². The highest BCUT2D eigenvalue weighted by Gasteiger charge is 2.17. The number of rotatable bonds is 4. The van der Waals surface area contributed by atoms with Gasteiger partial charge in [0, 0.05) is 0 Å². The first-order valence-corrected chi connectivity index (χ1v) is 9.53. The van der Waals surface area contributed by atoms with Gasteiger partial charge >= 0.3 is 0 Å². The van der Waals surface area contributed by atoms with Crippen LogP contribution in [0.15, 0.2) is 87.1 Å². The van der Waals surface area contributed by atoms with E-state index in [2.05, 4.69) is 10.1 Å². The Morgan fingerprint density at radius 1 is 1.03 bits per heavy atom. The maximum atomic E-state index is 13.2. The van der Waals surface area contributed by atoms with E-state index in [1.807, 2.05) is 24.3 Å². The molecule has 2 aromatic heterocycles. The summed E-state index contributed by atoms with van der Waals surface area (Å²) < 4.78 is 25.8. The third-order valence-electron chi connectivity index (χ3n) is 4.91. The maximum Gasteiger partial charge on any atom is 0.282 e. The molecule has 0 aliphatic carbocycles. The van der Waals surface area contributed by atoms with Crippen molar-refractivity contribution in [2.24, 2.45) is 5.10 Å². The molecule has 0 radical (unpaired) electrons. The Morgan fingerprint density at radius 3 is 2.65 bits per heavy atom. The minimum atomic E-state index is -0.349. The zero-order valence-corrected chi connectivity index (χ0v) is 16.4. The maximum absolute atomic E-state index is 13.2. The SMILES string of the molecule is COc1cccc2oc(-c3nc4ccccc4c(=O)n3N=Cc3ccc(F)cc3)cc12. The Kier molecular flexibility index (Phi) is 4.55. The number of aromatic nitrogens is 2. The number of hydrogen-bond acceptors (Lipinski definition) is 5. The van der Waals surface area contributed by atoms with Crippen LogP contribution in [0.2, 0.25) is 0 Å². The predicted octanol–water partition coefficient (Wildman–Crippen LogP) is 4.84.